The van der Waals surface area contributed by atoms with Crippen LogP contribution in [-0.2, 0) is 0 Å². The predicted octanol–water partition coefficient (Wildman–Crippen LogP) is 7.27. The van der Waals surface area contributed by atoms with Crippen molar-refractivity contribution >= 4 is 0 Å². The van der Waals surface area contributed by atoms with Gasteiger partial charge in [-0.25, -0.2) is 17.6 Å². The minimum Gasteiger partial charge on any atom is -0.207 e. The van der Waals surface area contributed by atoms with Crippen molar-refractivity contribution in [2.45, 2.75) is 38.5 Å². The maximum absolute atomic E-state index is 14.6. The highest BCUT2D eigenvalue weighted by Gasteiger charge is 2.24. The fraction of sp³-hybridized carbons (Fsp3) is 0.333. The van der Waals surface area contributed by atoms with Gasteiger partial charge in [0.05, 0.1) is 5.56 Å². The summed E-state index contributed by atoms with van der Waals surface area (Å²) in [4.78, 5) is 0. The Kier molecular flexibility index (Phi) is 5.63. The molecule has 0 unspecified atom stereocenters. The molecule has 2 aromatic carbocycles. The SMILES string of the molecule is Cc1c(F)cc(-c2c(F)cc(C3CCC(C=C(F)F)CC3)cc2F)cc1F. The second kappa shape index (κ2) is 7.79. The Hall–Kier alpha value is -2.24. The molecule has 144 valence electrons. The summed E-state index contributed by atoms with van der Waals surface area (Å²) in [7, 11) is 0. The summed E-state index contributed by atoms with van der Waals surface area (Å²) >= 11 is 0. The molecule has 1 saturated carbocycles. The van der Waals surface area contributed by atoms with E-state index < -0.39 is 34.9 Å². The predicted molar refractivity (Wildman–Crippen MR) is 91.4 cm³/mol. The molecular weight excluding hydrogens is 366 g/mol. The lowest BCUT2D eigenvalue weighted by Crippen LogP contribution is -2.12. The highest BCUT2D eigenvalue weighted by atomic mass is 19.3. The van der Waals surface area contributed by atoms with Crippen molar-refractivity contribution in [2.24, 2.45) is 5.92 Å². The molecule has 0 aromatic heterocycles. The molecule has 0 amide bonds. The molecule has 0 bridgehead atoms. The zero-order chi connectivity index (χ0) is 19.7. The number of rotatable bonds is 3. The molecular formula is C21H18F6. The van der Waals surface area contributed by atoms with E-state index in [1.807, 2.05) is 0 Å². The van der Waals surface area contributed by atoms with Gasteiger partial charge in [0.1, 0.15) is 23.3 Å². The Morgan fingerprint density at radius 3 is 1.81 bits per heavy atom. The van der Waals surface area contributed by atoms with Gasteiger partial charge >= 0.3 is 0 Å². The third kappa shape index (κ3) is 4.20. The van der Waals surface area contributed by atoms with Gasteiger partial charge in [0.15, 0.2) is 0 Å². The average molecular weight is 384 g/mol. The van der Waals surface area contributed by atoms with Crippen LogP contribution in [0.3, 0.4) is 0 Å². The highest BCUT2D eigenvalue weighted by Crippen LogP contribution is 2.39. The molecule has 27 heavy (non-hydrogen) atoms. The van der Waals surface area contributed by atoms with Gasteiger partial charge in [-0.1, -0.05) is 0 Å². The second-order valence-electron chi connectivity index (χ2n) is 6.99. The lowest BCUT2D eigenvalue weighted by Gasteiger charge is -2.27. The maximum Gasteiger partial charge on any atom is 0.266 e. The summed E-state index contributed by atoms with van der Waals surface area (Å²) in [5.41, 5.74) is -0.464. The van der Waals surface area contributed by atoms with E-state index in [2.05, 4.69) is 0 Å². The molecule has 1 fully saturated rings. The van der Waals surface area contributed by atoms with E-state index in [0.29, 0.717) is 31.2 Å². The Bertz CT molecular complexity index is 828. The van der Waals surface area contributed by atoms with Crippen LogP contribution < -0.4 is 0 Å². The van der Waals surface area contributed by atoms with Crippen molar-refractivity contribution in [1.82, 2.24) is 0 Å². The van der Waals surface area contributed by atoms with Crippen LogP contribution >= 0.6 is 0 Å². The van der Waals surface area contributed by atoms with Crippen molar-refractivity contribution in [3.05, 3.63) is 70.8 Å². The molecule has 0 radical (unpaired) electrons. The normalized spacial score (nSPS) is 19.8. The van der Waals surface area contributed by atoms with Gasteiger partial charge in [0.25, 0.3) is 6.08 Å². The van der Waals surface area contributed by atoms with Crippen molar-refractivity contribution < 1.29 is 26.3 Å². The maximum atomic E-state index is 14.6. The molecule has 0 nitrogen and oxygen atoms in total. The fourth-order valence-electron chi connectivity index (χ4n) is 3.69. The van der Waals surface area contributed by atoms with E-state index in [9.17, 15) is 26.3 Å². The second-order valence-corrected chi connectivity index (χ2v) is 6.99. The average Bonchev–Trinajstić information content (AvgIpc) is 2.59. The van der Waals surface area contributed by atoms with Gasteiger partial charge < -0.3 is 0 Å². The Labute approximate surface area is 153 Å². The van der Waals surface area contributed by atoms with Gasteiger partial charge in [-0.3, -0.25) is 0 Å². The van der Waals surface area contributed by atoms with E-state index >= 15 is 0 Å². The number of allylic oxidation sites excluding steroid dienone is 1. The summed E-state index contributed by atoms with van der Waals surface area (Å²) in [6.45, 7) is 1.24. The van der Waals surface area contributed by atoms with Crippen molar-refractivity contribution in [3.63, 3.8) is 0 Å². The van der Waals surface area contributed by atoms with Crippen LogP contribution in [0.4, 0.5) is 26.3 Å². The molecule has 1 aliphatic carbocycles. The van der Waals surface area contributed by atoms with E-state index in [4.69, 9.17) is 0 Å². The topological polar surface area (TPSA) is 0 Å². The molecule has 2 aromatic rings. The van der Waals surface area contributed by atoms with Crippen LogP contribution in [0.15, 0.2) is 36.4 Å². The van der Waals surface area contributed by atoms with Gasteiger partial charge in [-0.2, -0.15) is 8.78 Å². The third-order valence-corrected chi connectivity index (χ3v) is 5.24. The van der Waals surface area contributed by atoms with E-state index in [0.717, 1.165) is 18.2 Å². The van der Waals surface area contributed by atoms with Gasteiger partial charge in [0.2, 0.25) is 0 Å². The largest absolute Gasteiger partial charge is 0.266 e. The molecule has 0 heterocycles. The molecule has 0 aliphatic heterocycles. The van der Waals surface area contributed by atoms with Crippen molar-refractivity contribution in [1.29, 1.82) is 0 Å². The minimum absolute atomic E-state index is 0.137. The summed E-state index contributed by atoms with van der Waals surface area (Å²) in [5.74, 6) is -3.91. The Morgan fingerprint density at radius 2 is 1.33 bits per heavy atom. The fourth-order valence-corrected chi connectivity index (χ4v) is 3.69. The standard InChI is InChI=1S/C21H18F6/c1-11-16(22)9-15(10-17(11)23)21-18(24)7-14(8-19(21)25)13-4-2-12(3-5-13)6-20(26)27/h6-10,12-13H,2-5H2,1H3. The molecule has 3 rings (SSSR count). The van der Waals surface area contributed by atoms with Crippen molar-refractivity contribution in [3.8, 4) is 11.1 Å². The molecule has 6 heteroatoms. The third-order valence-electron chi connectivity index (χ3n) is 5.24. The number of hydrogen-bond donors (Lipinski definition) is 0. The summed E-state index contributed by atoms with van der Waals surface area (Å²) < 4.78 is 81.3. The molecule has 0 saturated heterocycles. The number of benzene rings is 2. The Balaban J connectivity index is 1.87. The molecule has 0 spiro atoms. The lowest BCUT2D eigenvalue weighted by atomic mass is 9.78. The van der Waals surface area contributed by atoms with Gasteiger partial charge in [-0.15, -0.1) is 0 Å². The summed E-state index contributed by atoms with van der Waals surface area (Å²) in [6, 6.07) is 4.15. The lowest BCUT2D eigenvalue weighted by molar-refractivity contribution is 0.350. The monoisotopic (exact) mass is 384 g/mol. The van der Waals surface area contributed by atoms with Crippen LogP contribution in [0, 0.1) is 36.1 Å². The van der Waals surface area contributed by atoms with Crippen molar-refractivity contribution in [2.75, 3.05) is 0 Å². The quantitative estimate of drug-likeness (QED) is 0.488. The van der Waals surface area contributed by atoms with E-state index in [1.165, 1.54) is 19.1 Å². The molecule has 0 N–H and O–H groups in total. The molecule has 1 aliphatic rings. The van der Waals surface area contributed by atoms with Crippen LogP contribution in [0.5, 0.6) is 0 Å². The number of hydrogen-bond acceptors (Lipinski definition) is 0. The first-order chi connectivity index (χ1) is 12.8. The molecule has 0 atom stereocenters. The first-order valence-corrected chi connectivity index (χ1v) is 8.74. The number of halogens is 6. The first kappa shape index (κ1) is 19.5. The Morgan fingerprint density at radius 1 is 0.815 bits per heavy atom. The van der Waals surface area contributed by atoms with Gasteiger partial charge in [-0.05, 0) is 85.9 Å². The summed E-state index contributed by atoms with van der Waals surface area (Å²) in [5, 5.41) is 0. The van der Waals surface area contributed by atoms with Gasteiger partial charge in [0, 0.05) is 5.56 Å². The van der Waals surface area contributed by atoms with Crippen LogP contribution in [0.1, 0.15) is 42.7 Å². The van der Waals surface area contributed by atoms with Crippen LogP contribution in [-0.4, -0.2) is 0 Å². The van der Waals surface area contributed by atoms with Crippen LogP contribution in [0.25, 0.3) is 11.1 Å². The zero-order valence-corrected chi connectivity index (χ0v) is 14.6. The van der Waals surface area contributed by atoms with E-state index in [-0.39, 0.29) is 23.0 Å². The summed E-state index contributed by atoms with van der Waals surface area (Å²) in [6.07, 6.45) is 1.34. The minimum atomic E-state index is -1.71. The first-order valence-electron chi connectivity index (χ1n) is 8.74. The van der Waals surface area contributed by atoms with E-state index in [1.54, 1.807) is 0 Å². The smallest absolute Gasteiger partial charge is 0.207 e. The highest BCUT2D eigenvalue weighted by molar-refractivity contribution is 5.66. The zero-order valence-electron chi connectivity index (χ0n) is 14.6. The van der Waals surface area contributed by atoms with Crippen LogP contribution in [0.2, 0.25) is 0 Å².